The fourth-order valence-corrected chi connectivity index (χ4v) is 3.50. The van der Waals surface area contributed by atoms with Crippen LogP contribution in [0.2, 0.25) is 0 Å². The molecule has 122 valence electrons. The van der Waals surface area contributed by atoms with E-state index in [1.54, 1.807) is 5.82 Å². The maximum Gasteiger partial charge on any atom is 0.298 e. The van der Waals surface area contributed by atoms with E-state index < -0.39 is 13.6 Å². The summed E-state index contributed by atoms with van der Waals surface area (Å²) in [5.41, 5.74) is 5.15. The largest absolute Gasteiger partial charge is 0.363 e. The van der Waals surface area contributed by atoms with Crippen LogP contribution in [0.5, 0.6) is 0 Å². The molecule has 0 aromatic carbocycles. The van der Waals surface area contributed by atoms with Gasteiger partial charge in [0.2, 0.25) is 5.82 Å². The van der Waals surface area contributed by atoms with Gasteiger partial charge in [-0.3, -0.25) is 4.79 Å². The van der Waals surface area contributed by atoms with Gasteiger partial charge in [-0.05, 0) is 32.8 Å². The molecule has 1 unspecified atom stereocenters. The number of carbonyl (C=O) groups excluding carboxylic acids is 1. The second-order valence-corrected chi connectivity index (χ2v) is 8.45. The van der Waals surface area contributed by atoms with E-state index in [4.69, 9.17) is 15.0 Å². The lowest BCUT2D eigenvalue weighted by Gasteiger charge is -2.17. The lowest BCUT2D eigenvalue weighted by molar-refractivity contribution is 0.0149. The Morgan fingerprint density at radius 3 is 2.91 bits per heavy atom. The molecule has 1 aromatic rings. The van der Waals surface area contributed by atoms with Crippen LogP contribution in [0, 0.1) is 0 Å². The molecular weight excluding hydrogens is 307 g/mol. The lowest BCUT2D eigenvalue weighted by atomic mass is 10.2. The fraction of sp³-hybridized carbons (Fsp3) is 0.615. The van der Waals surface area contributed by atoms with Crippen LogP contribution < -0.4 is 5.73 Å². The molecule has 0 saturated carbocycles. The number of carbonyl (C=O) groups is 1. The highest BCUT2D eigenvalue weighted by Crippen LogP contribution is 2.61. The van der Waals surface area contributed by atoms with E-state index in [1.165, 1.54) is 18.1 Å². The van der Waals surface area contributed by atoms with E-state index in [0.717, 1.165) is 12.8 Å². The molecule has 3 atom stereocenters. The summed E-state index contributed by atoms with van der Waals surface area (Å²) in [4.78, 5) is 25.2. The predicted octanol–water partition coefficient (Wildman–Crippen LogP) is 1.46. The number of rotatable bonds is 6. The maximum atomic E-state index is 11.0. The van der Waals surface area contributed by atoms with E-state index in [9.17, 15) is 9.69 Å². The summed E-state index contributed by atoms with van der Waals surface area (Å²) in [7, 11) is -1.02. The first-order valence-electron chi connectivity index (χ1n) is 7.08. The Balaban J connectivity index is 1.99. The van der Waals surface area contributed by atoms with Gasteiger partial charge in [-0.2, -0.15) is 0 Å². The molecule has 1 aliphatic rings. The molecule has 0 spiro atoms. The molecule has 2 rings (SSSR count). The van der Waals surface area contributed by atoms with Crippen molar-refractivity contribution in [3.63, 3.8) is 0 Å². The smallest absolute Gasteiger partial charge is 0.298 e. The molecule has 22 heavy (non-hydrogen) atoms. The number of ether oxygens (including phenoxy) is 1. The predicted molar refractivity (Wildman–Crippen MR) is 82.1 cm³/mol. The fourth-order valence-electron chi connectivity index (χ4n) is 2.17. The van der Waals surface area contributed by atoms with Crippen LogP contribution in [-0.2, 0) is 9.26 Å². The molecule has 0 aliphatic carbocycles. The molecule has 9 heteroatoms. The second-order valence-electron chi connectivity index (χ2n) is 5.41. The van der Waals surface area contributed by atoms with Gasteiger partial charge in [0.25, 0.3) is 13.6 Å². The standard InChI is InChI=1S/C13H21N4O4P/c1-9(2)22(19,20-3)7-6-10-4-5-11(21-10)17-8-15-13(16-17)12(14)18/h6-11,19H,4-5H2,1-3H3,(H-,14,18)/p+1/b7-6+/t10-,11+,22?/m0/s1. The molecular formula is C13H22N4O4P+. The first-order valence-corrected chi connectivity index (χ1v) is 8.88. The van der Waals surface area contributed by atoms with Crippen molar-refractivity contribution >= 4 is 13.6 Å². The molecule has 0 radical (unpaired) electrons. The summed E-state index contributed by atoms with van der Waals surface area (Å²) in [6.07, 6.45) is 4.37. The van der Waals surface area contributed by atoms with Gasteiger partial charge in [-0.15, -0.1) is 5.10 Å². The Labute approximate surface area is 129 Å². The van der Waals surface area contributed by atoms with Crippen LogP contribution in [0.25, 0.3) is 0 Å². The first-order chi connectivity index (χ1) is 10.4. The maximum absolute atomic E-state index is 11.0. The van der Waals surface area contributed by atoms with E-state index in [0.29, 0.717) is 0 Å². The van der Waals surface area contributed by atoms with Crippen molar-refractivity contribution < 1.29 is 18.9 Å². The van der Waals surface area contributed by atoms with Gasteiger partial charge >= 0.3 is 0 Å². The average Bonchev–Trinajstić information content (AvgIpc) is 3.13. The molecule has 1 aromatic heterocycles. The van der Waals surface area contributed by atoms with Gasteiger partial charge < -0.3 is 10.5 Å². The quantitative estimate of drug-likeness (QED) is 0.764. The zero-order valence-electron chi connectivity index (χ0n) is 12.9. The summed E-state index contributed by atoms with van der Waals surface area (Å²) >= 11 is 0. The number of hydrogen-bond donors (Lipinski definition) is 2. The number of primary amides is 1. The number of nitrogens with zero attached hydrogens (tertiary/aromatic N) is 3. The zero-order valence-corrected chi connectivity index (χ0v) is 13.8. The summed E-state index contributed by atoms with van der Waals surface area (Å²) in [5.74, 6) is 1.03. The molecule has 3 N–H and O–H groups in total. The summed E-state index contributed by atoms with van der Waals surface area (Å²) < 4.78 is 12.6. The molecule has 8 nitrogen and oxygen atoms in total. The monoisotopic (exact) mass is 329 g/mol. The average molecular weight is 329 g/mol. The van der Waals surface area contributed by atoms with Crippen LogP contribution in [0.3, 0.4) is 0 Å². The Bertz CT molecular complexity index is 562. The van der Waals surface area contributed by atoms with Crippen molar-refractivity contribution in [1.29, 1.82) is 0 Å². The molecule has 0 bridgehead atoms. The summed E-state index contributed by atoms with van der Waals surface area (Å²) in [6, 6.07) is 0. The number of amides is 1. The molecule has 1 amide bonds. The highest BCUT2D eigenvalue weighted by Gasteiger charge is 2.39. The van der Waals surface area contributed by atoms with Crippen molar-refractivity contribution in [2.24, 2.45) is 5.73 Å². The number of hydrogen-bond acceptors (Lipinski definition) is 6. The van der Waals surface area contributed by atoms with Crippen LogP contribution in [0.15, 0.2) is 18.2 Å². The summed E-state index contributed by atoms with van der Waals surface area (Å²) in [6.45, 7) is 3.83. The minimum absolute atomic E-state index is 0.0258. The van der Waals surface area contributed by atoms with Crippen molar-refractivity contribution in [3.8, 4) is 0 Å². The van der Waals surface area contributed by atoms with Crippen LogP contribution >= 0.6 is 7.72 Å². The minimum Gasteiger partial charge on any atom is -0.363 e. The van der Waals surface area contributed by atoms with Crippen LogP contribution in [0.4, 0.5) is 0 Å². The van der Waals surface area contributed by atoms with E-state index in [2.05, 4.69) is 10.1 Å². The molecule has 2 heterocycles. The van der Waals surface area contributed by atoms with Gasteiger partial charge in [0.15, 0.2) is 6.23 Å². The Kier molecular flexibility index (Phi) is 5.28. The topological polar surface area (TPSA) is 112 Å². The van der Waals surface area contributed by atoms with Crippen molar-refractivity contribution in [2.75, 3.05) is 7.11 Å². The third-order valence-electron chi connectivity index (χ3n) is 3.60. The van der Waals surface area contributed by atoms with Gasteiger partial charge in [-0.1, -0.05) is 0 Å². The van der Waals surface area contributed by atoms with Crippen LogP contribution in [-0.4, -0.2) is 44.4 Å². The Morgan fingerprint density at radius 2 is 2.36 bits per heavy atom. The van der Waals surface area contributed by atoms with Gasteiger partial charge in [0.1, 0.15) is 17.8 Å². The lowest BCUT2D eigenvalue weighted by Crippen LogP contribution is -2.15. The van der Waals surface area contributed by atoms with Crippen molar-refractivity contribution in [2.45, 2.75) is 44.7 Å². The highest BCUT2D eigenvalue weighted by molar-refractivity contribution is 7.69. The Morgan fingerprint density at radius 1 is 1.64 bits per heavy atom. The van der Waals surface area contributed by atoms with Crippen molar-refractivity contribution in [1.82, 2.24) is 14.8 Å². The Hall–Kier alpha value is -1.34. The van der Waals surface area contributed by atoms with E-state index >= 15 is 0 Å². The first kappa shape index (κ1) is 17.0. The third kappa shape index (κ3) is 3.70. The van der Waals surface area contributed by atoms with Gasteiger partial charge in [0.05, 0.1) is 13.2 Å². The van der Waals surface area contributed by atoms with Crippen LogP contribution in [0.1, 0.15) is 43.5 Å². The summed E-state index contributed by atoms with van der Waals surface area (Å²) in [5, 5.41) is 3.99. The van der Waals surface area contributed by atoms with E-state index in [-0.39, 0.29) is 23.8 Å². The second kappa shape index (κ2) is 6.83. The normalized spacial score (nSPS) is 25.0. The number of aromatic nitrogens is 3. The van der Waals surface area contributed by atoms with E-state index in [1.807, 2.05) is 19.9 Å². The van der Waals surface area contributed by atoms with Gasteiger partial charge in [0, 0.05) is 0 Å². The van der Waals surface area contributed by atoms with Gasteiger partial charge in [-0.25, -0.2) is 19.1 Å². The zero-order chi connectivity index (χ0) is 16.3. The third-order valence-corrected chi connectivity index (χ3v) is 6.26. The molecule has 1 saturated heterocycles. The molecule has 1 fully saturated rings. The number of nitrogens with two attached hydrogens (primary N) is 1. The molecule has 1 aliphatic heterocycles. The highest BCUT2D eigenvalue weighted by atomic mass is 31.2. The SMILES string of the molecule is CO[P+](O)(/C=C/[C@@H]1CC[C@H](n2cnc(C(N)=O)n2)O1)C(C)C. The minimum atomic E-state index is -2.53. The van der Waals surface area contributed by atoms with Crippen molar-refractivity contribution in [3.05, 3.63) is 24.0 Å².